The van der Waals surface area contributed by atoms with Crippen LogP contribution in [-0.4, -0.2) is 28.3 Å². The van der Waals surface area contributed by atoms with Gasteiger partial charge in [0.1, 0.15) is 17.1 Å². The lowest BCUT2D eigenvalue weighted by Crippen LogP contribution is -2.14. The van der Waals surface area contributed by atoms with Crippen LogP contribution in [0.25, 0.3) is 10.9 Å². The number of ether oxygens (including phenoxy) is 2. The Balaban J connectivity index is 1.85. The quantitative estimate of drug-likeness (QED) is 0.377. The van der Waals surface area contributed by atoms with E-state index >= 15 is 0 Å². The fraction of sp³-hybridized carbons (Fsp3) is 0.231. The molecule has 32 heavy (non-hydrogen) atoms. The first-order valence-electron chi connectivity index (χ1n) is 10.8. The fourth-order valence-electron chi connectivity index (χ4n) is 3.73. The van der Waals surface area contributed by atoms with E-state index in [-0.39, 0.29) is 11.8 Å². The van der Waals surface area contributed by atoms with E-state index in [1.807, 2.05) is 75.4 Å². The maximum atomic E-state index is 11.1. The summed E-state index contributed by atoms with van der Waals surface area (Å²) in [6.45, 7) is 6.97. The number of rotatable bonds is 8. The van der Waals surface area contributed by atoms with Gasteiger partial charge in [-0.1, -0.05) is 24.3 Å². The maximum absolute atomic E-state index is 11.1. The Labute approximate surface area is 187 Å². The number of benzene rings is 2. The van der Waals surface area contributed by atoms with Gasteiger partial charge in [-0.3, -0.25) is 4.98 Å². The van der Waals surface area contributed by atoms with Gasteiger partial charge in [0.15, 0.2) is 11.5 Å². The van der Waals surface area contributed by atoms with Gasteiger partial charge in [-0.15, -0.1) is 0 Å². The molecule has 0 radical (unpaired) electrons. The van der Waals surface area contributed by atoms with Gasteiger partial charge in [0, 0.05) is 23.3 Å². The molecule has 2 aromatic carbocycles. The van der Waals surface area contributed by atoms with Gasteiger partial charge in [0.25, 0.3) is 0 Å². The van der Waals surface area contributed by atoms with Crippen molar-refractivity contribution in [3.63, 3.8) is 0 Å². The highest BCUT2D eigenvalue weighted by Crippen LogP contribution is 2.39. The first kappa shape index (κ1) is 21.4. The Kier molecular flexibility index (Phi) is 6.40. The van der Waals surface area contributed by atoms with Crippen molar-refractivity contribution in [2.45, 2.75) is 26.8 Å². The van der Waals surface area contributed by atoms with Gasteiger partial charge >= 0.3 is 0 Å². The molecule has 0 amide bonds. The van der Waals surface area contributed by atoms with E-state index in [1.165, 1.54) is 0 Å². The Morgan fingerprint density at radius 2 is 1.72 bits per heavy atom. The molecule has 6 heteroatoms. The molecule has 0 aliphatic rings. The number of nitrogens with one attached hydrogen (secondary N) is 1. The van der Waals surface area contributed by atoms with Crippen molar-refractivity contribution in [1.82, 2.24) is 9.97 Å². The predicted octanol–water partition coefficient (Wildman–Crippen LogP) is 5.64. The number of aryl methyl sites for hydroxylation is 1. The monoisotopic (exact) mass is 429 g/mol. The van der Waals surface area contributed by atoms with Crippen molar-refractivity contribution < 1.29 is 14.6 Å². The predicted molar refractivity (Wildman–Crippen MR) is 127 cm³/mol. The molecular formula is C26H27N3O3. The van der Waals surface area contributed by atoms with Crippen LogP contribution in [0.5, 0.6) is 17.2 Å². The molecule has 2 aromatic heterocycles. The van der Waals surface area contributed by atoms with Crippen LogP contribution >= 0.6 is 0 Å². The van der Waals surface area contributed by atoms with Crippen LogP contribution in [-0.2, 0) is 0 Å². The van der Waals surface area contributed by atoms with E-state index in [1.54, 1.807) is 12.4 Å². The summed E-state index contributed by atoms with van der Waals surface area (Å²) in [6, 6.07) is 17.0. The Morgan fingerprint density at radius 3 is 2.50 bits per heavy atom. The zero-order valence-electron chi connectivity index (χ0n) is 18.5. The third-order valence-corrected chi connectivity index (χ3v) is 5.20. The third-order valence-electron chi connectivity index (χ3n) is 5.20. The minimum atomic E-state index is -0.384. The molecule has 0 fully saturated rings. The second-order valence-electron chi connectivity index (χ2n) is 7.45. The van der Waals surface area contributed by atoms with E-state index in [2.05, 4.69) is 15.3 Å². The summed E-state index contributed by atoms with van der Waals surface area (Å²) in [6.07, 6.45) is 3.45. The highest BCUT2D eigenvalue weighted by molar-refractivity contribution is 5.86. The zero-order valence-corrected chi connectivity index (χ0v) is 18.5. The van der Waals surface area contributed by atoms with Crippen LogP contribution in [0, 0.1) is 6.92 Å². The lowest BCUT2D eigenvalue weighted by atomic mass is 9.95. The molecule has 164 valence electrons. The topological polar surface area (TPSA) is 76.5 Å². The van der Waals surface area contributed by atoms with Crippen molar-refractivity contribution in [2.24, 2.45) is 0 Å². The SMILES string of the molecule is CCOc1ccc(C(Nc2cc(C)ccn2)c2ccc3cccnc3c2O)cc1OCC. The number of pyridine rings is 2. The van der Waals surface area contributed by atoms with Gasteiger partial charge in [0.2, 0.25) is 0 Å². The molecule has 1 atom stereocenters. The number of aromatic nitrogens is 2. The van der Waals surface area contributed by atoms with Gasteiger partial charge in [-0.25, -0.2) is 4.98 Å². The number of hydrogen-bond acceptors (Lipinski definition) is 6. The fourth-order valence-corrected chi connectivity index (χ4v) is 3.73. The highest BCUT2D eigenvalue weighted by Gasteiger charge is 2.22. The van der Waals surface area contributed by atoms with Gasteiger partial charge in [-0.05, 0) is 62.2 Å². The van der Waals surface area contributed by atoms with Crippen LogP contribution in [0.3, 0.4) is 0 Å². The summed E-state index contributed by atoms with van der Waals surface area (Å²) in [5.74, 6) is 2.20. The summed E-state index contributed by atoms with van der Waals surface area (Å²) >= 11 is 0. The molecule has 4 aromatic rings. The molecule has 4 rings (SSSR count). The number of nitrogens with zero attached hydrogens (tertiary/aromatic N) is 2. The van der Waals surface area contributed by atoms with Crippen LogP contribution in [0.2, 0.25) is 0 Å². The second-order valence-corrected chi connectivity index (χ2v) is 7.45. The van der Waals surface area contributed by atoms with E-state index in [9.17, 15) is 5.11 Å². The molecule has 1 unspecified atom stereocenters. The largest absolute Gasteiger partial charge is 0.505 e. The smallest absolute Gasteiger partial charge is 0.161 e. The van der Waals surface area contributed by atoms with E-state index in [4.69, 9.17) is 9.47 Å². The van der Waals surface area contributed by atoms with Crippen LogP contribution in [0.15, 0.2) is 67.0 Å². The standard InChI is InChI=1S/C26H27N3O3/c1-4-31-21-11-9-19(16-22(21)32-5-2)24(29-23-15-17(3)12-14-27-23)20-10-8-18-7-6-13-28-25(18)26(20)30/h6-16,24,30H,4-5H2,1-3H3,(H,27,29). The summed E-state index contributed by atoms with van der Waals surface area (Å²) in [7, 11) is 0. The second kappa shape index (κ2) is 9.56. The lowest BCUT2D eigenvalue weighted by Gasteiger charge is -2.23. The van der Waals surface area contributed by atoms with Crippen molar-refractivity contribution in [3.05, 3.63) is 83.7 Å². The number of hydrogen-bond donors (Lipinski definition) is 2. The van der Waals surface area contributed by atoms with Crippen molar-refractivity contribution in [1.29, 1.82) is 0 Å². The molecule has 0 saturated carbocycles. The number of phenolic OH excluding ortho intramolecular Hbond substituents is 1. The lowest BCUT2D eigenvalue weighted by molar-refractivity contribution is 0.287. The molecule has 0 spiro atoms. The van der Waals surface area contributed by atoms with Crippen molar-refractivity contribution in [3.8, 4) is 17.2 Å². The minimum Gasteiger partial charge on any atom is -0.505 e. The summed E-state index contributed by atoms with van der Waals surface area (Å²) < 4.78 is 11.6. The molecule has 0 aliphatic heterocycles. The van der Waals surface area contributed by atoms with E-state index < -0.39 is 0 Å². The average Bonchev–Trinajstić information content (AvgIpc) is 2.80. The van der Waals surface area contributed by atoms with Crippen molar-refractivity contribution in [2.75, 3.05) is 18.5 Å². The number of aromatic hydroxyl groups is 1. The number of phenols is 1. The molecule has 0 bridgehead atoms. The highest BCUT2D eigenvalue weighted by atomic mass is 16.5. The molecular weight excluding hydrogens is 402 g/mol. The maximum Gasteiger partial charge on any atom is 0.161 e. The minimum absolute atomic E-state index is 0.139. The molecule has 0 saturated heterocycles. The average molecular weight is 430 g/mol. The first-order chi connectivity index (χ1) is 15.6. The van der Waals surface area contributed by atoms with Gasteiger partial charge in [-0.2, -0.15) is 0 Å². The Morgan fingerprint density at radius 1 is 0.906 bits per heavy atom. The normalized spacial score (nSPS) is 11.8. The molecule has 2 N–H and O–H groups in total. The zero-order chi connectivity index (χ0) is 22.5. The first-order valence-corrected chi connectivity index (χ1v) is 10.8. The summed E-state index contributed by atoms with van der Waals surface area (Å²) in [5.41, 5.74) is 3.26. The van der Waals surface area contributed by atoms with Gasteiger partial charge in [0.05, 0.1) is 19.3 Å². The molecule has 0 aliphatic carbocycles. The summed E-state index contributed by atoms with van der Waals surface area (Å²) in [4.78, 5) is 8.85. The van der Waals surface area contributed by atoms with E-state index in [0.717, 1.165) is 16.5 Å². The Bertz CT molecular complexity index is 1230. The van der Waals surface area contributed by atoms with Crippen LogP contribution in [0.4, 0.5) is 5.82 Å². The summed E-state index contributed by atoms with van der Waals surface area (Å²) in [5, 5.41) is 15.5. The number of anilines is 1. The van der Waals surface area contributed by atoms with Crippen molar-refractivity contribution >= 4 is 16.7 Å². The third kappa shape index (κ3) is 4.44. The van der Waals surface area contributed by atoms with Gasteiger partial charge < -0.3 is 19.9 Å². The van der Waals surface area contributed by atoms with Crippen LogP contribution < -0.4 is 14.8 Å². The molecule has 2 heterocycles. The molecule has 6 nitrogen and oxygen atoms in total. The Hall–Kier alpha value is -3.80. The number of fused-ring (bicyclic) bond motifs is 1. The van der Waals surface area contributed by atoms with Crippen LogP contribution in [0.1, 0.15) is 36.6 Å². The van der Waals surface area contributed by atoms with E-state index in [0.29, 0.717) is 41.6 Å².